The fourth-order valence-corrected chi connectivity index (χ4v) is 5.75. The van der Waals surface area contributed by atoms with Crippen molar-refractivity contribution in [3.05, 3.63) is 63.9 Å². The van der Waals surface area contributed by atoms with E-state index in [1.165, 1.54) is 42.7 Å². The maximum absolute atomic E-state index is 14.5. The number of nitrogens with zero attached hydrogens (tertiary/aromatic N) is 1. The number of rotatable bonds is 9. The first kappa shape index (κ1) is 24.1. The van der Waals surface area contributed by atoms with Gasteiger partial charge < -0.3 is 9.29 Å². The normalized spacial score (nSPS) is 15.2. The first-order valence-corrected chi connectivity index (χ1v) is 12.6. The monoisotopic (exact) mass is 506 g/mol. The van der Waals surface area contributed by atoms with Crippen LogP contribution in [0.2, 0.25) is 0 Å². The summed E-state index contributed by atoms with van der Waals surface area (Å²) < 4.78 is 62.1. The predicted molar refractivity (Wildman–Crippen MR) is 117 cm³/mol. The summed E-state index contributed by atoms with van der Waals surface area (Å²) in [6.07, 6.45) is 1.38. The zero-order valence-electron chi connectivity index (χ0n) is 16.6. The third-order valence-corrected chi connectivity index (χ3v) is 7.65. The van der Waals surface area contributed by atoms with Crippen molar-refractivity contribution in [1.29, 1.82) is 0 Å². The first-order chi connectivity index (χ1) is 13.5. The quantitative estimate of drug-likeness (QED) is 0.528. The second-order valence-electron chi connectivity index (χ2n) is 6.87. The Bertz CT molecular complexity index is 942. The number of hydrogen-bond donors (Lipinski definition) is 1. The van der Waals surface area contributed by atoms with Gasteiger partial charge in [-0.2, -0.15) is 0 Å². The Morgan fingerprint density at radius 3 is 2.45 bits per heavy atom. The molecule has 0 amide bonds. The standard InChI is InChI=1S/C19H24BrFN2O4S2/c1-19(22-28(4)24,17-11-15(20)7-10-18(17)21)13-29(25,26)23(2)12-14-5-8-16(27-3)9-6-14/h5-11,22H,12-13H2,1-4H3/t19-,28+/m0/s1. The molecule has 0 aromatic heterocycles. The van der Waals surface area contributed by atoms with Crippen LogP contribution in [0.1, 0.15) is 18.1 Å². The molecule has 0 aliphatic rings. The van der Waals surface area contributed by atoms with Gasteiger partial charge in [-0.1, -0.05) is 28.1 Å². The second-order valence-corrected chi connectivity index (χ2v) is 11.0. The molecule has 0 spiro atoms. The topological polar surface area (TPSA) is 81.7 Å². The van der Waals surface area contributed by atoms with Gasteiger partial charge >= 0.3 is 0 Å². The van der Waals surface area contributed by atoms with Crippen LogP contribution in [-0.2, 0) is 33.5 Å². The highest BCUT2D eigenvalue weighted by atomic mass is 79.9. The third kappa shape index (κ3) is 6.40. The Kier molecular flexibility index (Phi) is 8.11. The number of ether oxygens (including phenoxy) is 1. The zero-order chi connectivity index (χ0) is 21.8. The summed E-state index contributed by atoms with van der Waals surface area (Å²) in [5.41, 5.74) is -0.511. The molecule has 0 aliphatic carbocycles. The van der Waals surface area contributed by atoms with E-state index in [0.717, 1.165) is 5.56 Å². The SMILES string of the molecule is COc1ccc(CN(C)S(=O)(=O)C[C@](C)(N[S@@+](C)[O-])c2cc(Br)ccc2F)cc1. The second kappa shape index (κ2) is 9.76. The highest BCUT2D eigenvalue weighted by Crippen LogP contribution is 2.30. The third-order valence-electron chi connectivity index (χ3n) is 4.40. The molecule has 0 unspecified atom stereocenters. The lowest BCUT2D eigenvalue weighted by molar-refractivity contribution is 0.412. The van der Waals surface area contributed by atoms with Crippen molar-refractivity contribution in [1.82, 2.24) is 9.03 Å². The van der Waals surface area contributed by atoms with Gasteiger partial charge in [0.25, 0.3) is 0 Å². The molecular weight excluding hydrogens is 483 g/mol. The van der Waals surface area contributed by atoms with Gasteiger partial charge in [-0.3, -0.25) is 0 Å². The Morgan fingerprint density at radius 1 is 1.28 bits per heavy atom. The van der Waals surface area contributed by atoms with Crippen molar-refractivity contribution >= 4 is 37.3 Å². The van der Waals surface area contributed by atoms with Crippen LogP contribution in [-0.4, -0.2) is 43.4 Å². The van der Waals surface area contributed by atoms with E-state index < -0.39 is 38.5 Å². The summed E-state index contributed by atoms with van der Waals surface area (Å²) in [5, 5.41) is 0. The molecule has 10 heteroatoms. The van der Waals surface area contributed by atoms with Crippen molar-refractivity contribution in [2.75, 3.05) is 26.2 Å². The molecule has 160 valence electrons. The lowest BCUT2D eigenvalue weighted by Crippen LogP contribution is -2.50. The molecule has 0 heterocycles. The van der Waals surface area contributed by atoms with Gasteiger partial charge in [-0.15, -0.1) is 4.72 Å². The van der Waals surface area contributed by atoms with Crippen LogP contribution in [0.3, 0.4) is 0 Å². The lowest BCUT2D eigenvalue weighted by atomic mass is 9.95. The highest BCUT2D eigenvalue weighted by molar-refractivity contribution is 9.10. The largest absolute Gasteiger partial charge is 0.598 e. The molecule has 0 saturated heterocycles. The Morgan fingerprint density at radius 2 is 1.90 bits per heavy atom. The number of hydrogen-bond acceptors (Lipinski definition) is 5. The molecule has 2 atom stereocenters. The summed E-state index contributed by atoms with van der Waals surface area (Å²) in [6, 6.07) is 11.3. The molecule has 0 bridgehead atoms. The van der Waals surface area contributed by atoms with Crippen molar-refractivity contribution < 1.29 is 22.1 Å². The Hall–Kier alpha value is -1.17. The maximum atomic E-state index is 14.5. The average Bonchev–Trinajstić information content (AvgIpc) is 2.63. The van der Waals surface area contributed by atoms with Crippen LogP contribution in [0.25, 0.3) is 0 Å². The van der Waals surface area contributed by atoms with Crippen molar-refractivity contribution in [3.63, 3.8) is 0 Å². The fraction of sp³-hybridized carbons (Fsp3) is 0.368. The minimum absolute atomic E-state index is 0.114. The highest BCUT2D eigenvalue weighted by Gasteiger charge is 2.39. The number of halogens is 2. The maximum Gasteiger partial charge on any atom is 0.216 e. The minimum Gasteiger partial charge on any atom is -0.598 e. The van der Waals surface area contributed by atoms with E-state index in [-0.39, 0.29) is 12.1 Å². The molecule has 2 aromatic rings. The van der Waals surface area contributed by atoms with Crippen molar-refractivity contribution in [2.24, 2.45) is 0 Å². The van der Waals surface area contributed by atoms with Gasteiger partial charge in [0.05, 0.1) is 12.9 Å². The van der Waals surface area contributed by atoms with Gasteiger partial charge in [-0.25, -0.2) is 17.1 Å². The zero-order valence-corrected chi connectivity index (χ0v) is 19.8. The summed E-state index contributed by atoms with van der Waals surface area (Å²) >= 11 is 1.71. The van der Waals surface area contributed by atoms with Crippen LogP contribution in [0.4, 0.5) is 4.39 Å². The molecular formula is C19H24BrFN2O4S2. The molecule has 29 heavy (non-hydrogen) atoms. The molecule has 1 N–H and O–H groups in total. The van der Waals surface area contributed by atoms with Crippen LogP contribution in [0.5, 0.6) is 5.75 Å². The van der Waals surface area contributed by atoms with Gasteiger partial charge in [0.2, 0.25) is 10.0 Å². The van der Waals surface area contributed by atoms with Gasteiger partial charge in [0.15, 0.2) is 0 Å². The van der Waals surface area contributed by atoms with E-state index >= 15 is 0 Å². The van der Waals surface area contributed by atoms with E-state index in [4.69, 9.17) is 4.74 Å². The molecule has 6 nitrogen and oxygen atoms in total. The van der Waals surface area contributed by atoms with E-state index in [9.17, 15) is 17.4 Å². The molecule has 2 rings (SSSR count). The number of nitrogens with one attached hydrogen (secondary N) is 1. The van der Waals surface area contributed by atoms with E-state index in [0.29, 0.717) is 10.2 Å². The Balaban J connectivity index is 2.31. The van der Waals surface area contributed by atoms with Crippen LogP contribution >= 0.6 is 15.9 Å². The molecule has 0 saturated carbocycles. The molecule has 2 aromatic carbocycles. The van der Waals surface area contributed by atoms with Gasteiger partial charge in [0.1, 0.15) is 23.4 Å². The summed E-state index contributed by atoms with van der Waals surface area (Å²) in [5.74, 6) is -0.382. The van der Waals surface area contributed by atoms with Crippen LogP contribution in [0, 0.1) is 5.82 Å². The first-order valence-electron chi connectivity index (χ1n) is 8.60. The Labute approximate surface area is 182 Å². The molecule has 0 fully saturated rings. The molecule has 0 aliphatic heterocycles. The number of sulfonamides is 1. The van der Waals surface area contributed by atoms with Crippen LogP contribution < -0.4 is 9.46 Å². The summed E-state index contributed by atoms with van der Waals surface area (Å²) in [6.45, 7) is 1.66. The number of methoxy groups -OCH3 is 1. The summed E-state index contributed by atoms with van der Waals surface area (Å²) in [4.78, 5) is 0. The van der Waals surface area contributed by atoms with Crippen LogP contribution in [0.15, 0.2) is 46.9 Å². The smallest absolute Gasteiger partial charge is 0.216 e. The van der Waals surface area contributed by atoms with Gasteiger partial charge in [0, 0.05) is 35.0 Å². The summed E-state index contributed by atoms with van der Waals surface area (Å²) in [7, 11) is -0.820. The van der Waals surface area contributed by atoms with E-state index in [1.807, 2.05) is 0 Å². The van der Waals surface area contributed by atoms with Gasteiger partial charge in [-0.05, 0) is 42.8 Å². The number of benzene rings is 2. The minimum atomic E-state index is -3.83. The fourth-order valence-electron chi connectivity index (χ4n) is 2.96. The average molecular weight is 507 g/mol. The lowest BCUT2D eigenvalue weighted by Gasteiger charge is -2.32. The van der Waals surface area contributed by atoms with E-state index in [2.05, 4.69) is 20.7 Å². The van der Waals surface area contributed by atoms with Crippen molar-refractivity contribution in [2.45, 2.75) is 19.0 Å². The molecule has 0 radical (unpaired) electrons. The van der Waals surface area contributed by atoms with Crippen molar-refractivity contribution in [3.8, 4) is 5.75 Å². The predicted octanol–water partition coefficient (Wildman–Crippen LogP) is 3.16. The van der Waals surface area contributed by atoms with E-state index in [1.54, 1.807) is 31.4 Å².